The SMILES string of the molecule is CCOc1ccc(C2=NNC(=O)[C@@H]3CCCC[C@H]23)cc1OCC. The molecule has 5 nitrogen and oxygen atoms in total. The monoisotopic (exact) mass is 316 g/mol. The molecule has 3 rings (SSSR count). The molecule has 1 fully saturated rings. The van der Waals surface area contributed by atoms with Crippen LogP contribution in [0.25, 0.3) is 0 Å². The van der Waals surface area contributed by atoms with E-state index in [-0.39, 0.29) is 17.7 Å². The minimum atomic E-state index is 0.0540. The van der Waals surface area contributed by atoms with E-state index in [1.54, 1.807) is 0 Å². The Labute approximate surface area is 137 Å². The Kier molecular flexibility index (Phi) is 4.84. The molecule has 5 heteroatoms. The lowest BCUT2D eigenvalue weighted by atomic mass is 9.74. The Morgan fingerprint density at radius 2 is 1.78 bits per heavy atom. The second kappa shape index (κ2) is 7.02. The summed E-state index contributed by atoms with van der Waals surface area (Å²) in [5.74, 6) is 1.82. The van der Waals surface area contributed by atoms with Crippen molar-refractivity contribution in [3.8, 4) is 11.5 Å². The summed E-state index contributed by atoms with van der Waals surface area (Å²) >= 11 is 0. The maximum Gasteiger partial charge on any atom is 0.243 e. The van der Waals surface area contributed by atoms with E-state index in [9.17, 15) is 4.79 Å². The van der Waals surface area contributed by atoms with E-state index in [2.05, 4.69) is 10.5 Å². The van der Waals surface area contributed by atoms with Crippen molar-refractivity contribution in [2.75, 3.05) is 13.2 Å². The number of hydrogen-bond acceptors (Lipinski definition) is 4. The Hall–Kier alpha value is -2.04. The maximum absolute atomic E-state index is 12.1. The molecular formula is C18H24N2O3. The van der Waals surface area contributed by atoms with Gasteiger partial charge in [-0.25, -0.2) is 5.43 Å². The van der Waals surface area contributed by atoms with Gasteiger partial charge in [0.25, 0.3) is 0 Å². The van der Waals surface area contributed by atoms with E-state index in [0.29, 0.717) is 13.2 Å². The van der Waals surface area contributed by atoms with Gasteiger partial charge in [0.05, 0.1) is 18.9 Å². The number of rotatable bonds is 5. The molecular weight excluding hydrogens is 292 g/mol. The smallest absolute Gasteiger partial charge is 0.243 e. The Balaban J connectivity index is 1.93. The zero-order valence-electron chi connectivity index (χ0n) is 13.8. The number of benzene rings is 1. The average molecular weight is 316 g/mol. The molecule has 1 heterocycles. The summed E-state index contributed by atoms with van der Waals surface area (Å²) in [6.07, 6.45) is 4.25. The van der Waals surface area contributed by atoms with Gasteiger partial charge in [-0.05, 0) is 44.9 Å². The highest BCUT2D eigenvalue weighted by Gasteiger charge is 2.37. The number of carbonyl (C=O) groups is 1. The van der Waals surface area contributed by atoms with Crippen LogP contribution in [-0.4, -0.2) is 24.8 Å². The number of hydrazone groups is 1. The number of hydrogen-bond donors (Lipinski definition) is 1. The molecule has 1 aliphatic carbocycles. The van der Waals surface area contributed by atoms with Gasteiger partial charge >= 0.3 is 0 Å². The predicted octanol–water partition coefficient (Wildman–Crippen LogP) is 3.12. The molecule has 1 amide bonds. The minimum absolute atomic E-state index is 0.0540. The zero-order chi connectivity index (χ0) is 16.2. The average Bonchev–Trinajstić information content (AvgIpc) is 2.58. The third-order valence-corrected chi connectivity index (χ3v) is 4.58. The van der Waals surface area contributed by atoms with Crippen molar-refractivity contribution in [1.82, 2.24) is 5.43 Å². The Morgan fingerprint density at radius 3 is 2.52 bits per heavy atom. The van der Waals surface area contributed by atoms with E-state index < -0.39 is 0 Å². The molecule has 0 saturated heterocycles. The van der Waals surface area contributed by atoms with Crippen LogP contribution in [0.1, 0.15) is 45.1 Å². The van der Waals surface area contributed by atoms with Gasteiger partial charge in [0.2, 0.25) is 5.91 Å². The topological polar surface area (TPSA) is 59.9 Å². The van der Waals surface area contributed by atoms with Crippen LogP contribution in [0.5, 0.6) is 11.5 Å². The first-order chi connectivity index (χ1) is 11.2. The molecule has 1 aromatic carbocycles. The third kappa shape index (κ3) is 3.19. The Bertz CT molecular complexity index is 612. The van der Waals surface area contributed by atoms with Crippen LogP contribution < -0.4 is 14.9 Å². The van der Waals surface area contributed by atoms with Gasteiger partial charge in [-0.3, -0.25) is 4.79 Å². The molecule has 23 heavy (non-hydrogen) atoms. The number of carbonyl (C=O) groups excluding carboxylic acids is 1. The van der Waals surface area contributed by atoms with Crippen LogP contribution in [0.2, 0.25) is 0 Å². The van der Waals surface area contributed by atoms with Crippen molar-refractivity contribution in [3.63, 3.8) is 0 Å². The summed E-state index contributed by atoms with van der Waals surface area (Å²) in [5, 5.41) is 4.36. The highest BCUT2D eigenvalue weighted by molar-refractivity contribution is 6.07. The number of nitrogens with one attached hydrogen (secondary N) is 1. The molecule has 0 radical (unpaired) electrons. The molecule has 0 spiro atoms. The van der Waals surface area contributed by atoms with Gasteiger partial charge < -0.3 is 9.47 Å². The van der Waals surface area contributed by atoms with Gasteiger partial charge in [-0.2, -0.15) is 5.10 Å². The number of ether oxygens (including phenoxy) is 2. The predicted molar refractivity (Wildman–Crippen MR) is 88.9 cm³/mol. The van der Waals surface area contributed by atoms with Crippen LogP contribution in [-0.2, 0) is 4.79 Å². The fourth-order valence-corrected chi connectivity index (χ4v) is 3.54. The standard InChI is InChI=1S/C18H24N2O3/c1-3-22-15-10-9-12(11-16(15)23-4-2)17-13-7-5-6-8-14(13)18(21)20-19-17/h9-11,13-14H,3-8H2,1-2H3,(H,20,21)/t13-,14+/m0/s1. The van der Waals surface area contributed by atoms with Crippen molar-refractivity contribution < 1.29 is 14.3 Å². The fraction of sp³-hybridized carbons (Fsp3) is 0.556. The van der Waals surface area contributed by atoms with E-state index in [0.717, 1.165) is 48.5 Å². The molecule has 1 saturated carbocycles. The van der Waals surface area contributed by atoms with Crippen molar-refractivity contribution in [1.29, 1.82) is 0 Å². The van der Waals surface area contributed by atoms with Crippen LogP contribution >= 0.6 is 0 Å². The number of fused-ring (bicyclic) bond motifs is 1. The second-order valence-corrected chi connectivity index (χ2v) is 6.00. The summed E-state index contributed by atoms with van der Waals surface area (Å²) < 4.78 is 11.3. The van der Waals surface area contributed by atoms with Gasteiger partial charge in [0, 0.05) is 17.4 Å². The van der Waals surface area contributed by atoms with Crippen LogP contribution in [0, 0.1) is 11.8 Å². The first-order valence-corrected chi connectivity index (χ1v) is 8.52. The first-order valence-electron chi connectivity index (χ1n) is 8.52. The molecule has 0 aromatic heterocycles. The van der Waals surface area contributed by atoms with Gasteiger partial charge in [0.15, 0.2) is 11.5 Å². The van der Waals surface area contributed by atoms with E-state index in [1.807, 2.05) is 32.0 Å². The lowest BCUT2D eigenvalue weighted by Gasteiger charge is -2.34. The number of nitrogens with zero attached hydrogens (tertiary/aromatic N) is 1. The first kappa shape index (κ1) is 15.8. The molecule has 2 atom stereocenters. The van der Waals surface area contributed by atoms with Crippen LogP contribution in [0.3, 0.4) is 0 Å². The summed E-state index contributed by atoms with van der Waals surface area (Å²) in [4.78, 5) is 12.1. The van der Waals surface area contributed by atoms with Crippen LogP contribution in [0.4, 0.5) is 0 Å². The summed E-state index contributed by atoms with van der Waals surface area (Å²) in [6, 6.07) is 5.92. The lowest BCUT2D eigenvalue weighted by Crippen LogP contribution is -2.43. The lowest BCUT2D eigenvalue weighted by molar-refractivity contribution is -0.127. The minimum Gasteiger partial charge on any atom is -0.490 e. The van der Waals surface area contributed by atoms with Gasteiger partial charge in [-0.1, -0.05) is 12.8 Å². The molecule has 1 N–H and O–H groups in total. The van der Waals surface area contributed by atoms with Crippen molar-refractivity contribution in [3.05, 3.63) is 23.8 Å². The van der Waals surface area contributed by atoms with Gasteiger partial charge in [-0.15, -0.1) is 0 Å². The normalized spacial score (nSPS) is 23.6. The highest BCUT2D eigenvalue weighted by atomic mass is 16.5. The molecule has 1 aliphatic heterocycles. The molecule has 0 bridgehead atoms. The molecule has 2 aliphatic rings. The molecule has 0 unspecified atom stereocenters. The number of amides is 1. The third-order valence-electron chi connectivity index (χ3n) is 4.58. The van der Waals surface area contributed by atoms with Crippen molar-refractivity contribution in [2.24, 2.45) is 16.9 Å². The van der Waals surface area contributed by atoms with Gasteiger partial charge in [0.1, 0.15) is 0 Å². The van der Waals surface area contributed by atoms with Crippen LogP contribution in [0.15, 0.2) is 23.3 Å². The zero-order valence-corrected chi connectivity index (χ0v) is 13.8. The molecule has 124 valence electrons. The van der Waals surface area contributed by atoms with Crippen molar-refractivity contribution >= 4 is 11.6 Å². The highest BCUT2D eigenvalue weighted by Crippen LogP contribution is 2.37. The largest absolute Gasteiger partial charge is 0.490 e. The van der Waals surface area contributed by atoms with E-state index >= 15 is 0 Å². The second-order valence-electron chi connectivity index (χ2n) is 6.00. The van der Waals surface area contributed by atoms with Crippen molar-refractivity contribution in [2.45, 2.75) is 39.5 Å². The van der Waals surface area contributed by atoms with E-state index in [4.69, 9.17) is 9.47 Å². The van der Waals surface area contributed by atoms with E-state index in [1.165, 1.54) is 0 Å². The summed E-state index contributed by atoms with van der Waals surface area (Å²) in [7, 11) is 0. The Morgan fingerprint density at radius 1 is 1.09 bits per heavy atom. The summed E-state index contributed by atoms with van der Waals surface area (Å²) in [6.45, 7) is 5.09. The molecule has 1 aromatic rings. The summed E-state index contributed by atoms with van der Waals surface area (Å²) in [5.41, 5.74) is 4.68. The quantitative estimate of drug-likeness (QED) is 0.908. The fourth-order valence-electron chi connectivity index (χ4n) is 3.54. The maximum atomic E-state index is 12.1.